The Hall–Kier alpha value is -1.14. The quantitative estimate of drug-likeness (QED) is 0.192. The Labute approximate surface area is 262 Å². The van der Waals surface area contributed by atoms with Gasteiger partial charge in [-0.3, -0.25) is 0 Å². The van der Waals surface area contributed by atoms with Gasteiger partial charge in [0.05, 0.1) is 31.5 Å². The first-order chi connectivity index (χ1) is 20.8. The van der Waals surface area contributed by atoms with Gasteiger partial charge in [0.25, 0.3) is 0 Å². The van der Waals surface area contributed by atoms with E-state index in [0.717, 1.165) is 25.7 Å². The minimum absolute atomic E-state index is 0.0537. The number of hydrogen-bond donors (Lipinski definition) is 7. The molecule has 1 aliphatic heterocycles. The molecule has 3 fully saturated rings. The van der Waals surface area contributed by atoms with E-state index in [2.05, 4.69) is 40.7 Å². The van der Waals surface area contributed by atoms with Crippen molar-refractivity contribution in [1.29, 1.82) is 0 Å². The van der Waals surface area contributed by atoms with E-state index in [9.17, 15) is 35.7 Å². The molecule has 0 amide bonds. The molecular weight excluding hydrogens is 564 g/mol. The fourth-order valence-corrected chi connectivity index (χ4v) is 9.78. The van der Waals surface area contributed by atoms with Gasteiger partial charge in [0.15, 0.2) is 6.29 Å². The van der Waals surface area contributed by atoms with Crippen molar-refractivity contribution in [2.75, 3.05) is 13.2 Å². The first-order valence-electron chi connectivity index (χ1n) is 16.8. The summed E-state index contributed by atoms with van der Waals surface area (Å²) in [7, 11) is 0. The van der Waals surface area contributed by atoms with Crippen LogP contribution in [0.4, 0.5) is 0 Å². The number of allylic oxidation sites excluding steroid dienone is 4. The highest BCUT2D eigenvalue weighted by Crippen LogP contribution is 2.65. The third-order valence-electron chi connectivity index (χ3n) is 12.4. The van der Waals surface area contributed by atoms with Crippen LogP contribution in [0.15, 0.2) is 34.9 Å². The molecule has 5 rings (SSSR count). The topological polar surface area (TPSA) is 160 Å². The van der Waals surface area contributed by atoms with E-state index in [4.69, 9.17) is 9.47 Å². The molecule has 2 saturated carbocycles. The molecule has 14 atom stereocenters. The summed E-state index contributed by atoms with van der Waals surface area (Å²) in [6, 6.07) is 0. The molecule has 0 bridgehead atoms. The highest BCUT2D eigenvalue weighted by molar-refractivity contribution is 5.48. The van der Waals surface area contributed by atoms with Gasteiger partial charge in [0, 0.05) is 5.92 Å². The molecule has 0 radical (unpaired) electrons. The number of ether oxygens (including phenoxy) is 2. The maximum Gasteiger partial charge on any atom is 0.186 e. The SMILES string of the molecule is CC(C)C(=CCO)CC[C@@H](C)[C@H]1[C@@H](O)C[C@H]2C3=C[C@@H](O)[C@H]4C[C@@H](O[C@@H]5O[C@H](CO)[C@@H](O)[C@H](O)[C@H]5O)CC[C@]4(C)C3=CC[C@]12C. The van der Waals surface area contributed by atoms with Gasteiger partial charge in [0.1, 0.15) is 24.4 Å². The average Bonchev–Trinajstić information content (AvgIpc) is 3.26. The van der Waals surface area contributed by atoms with E-state index in [1.165, 1.54) is 16.7 Å². The Morgan fingerprint density at radius 3 is 2.43 bits per heavy atom. The predicted molar refractivity (Wildman–Crippen MR) is 165 cm³/mol. The van der Waals surface area contributed by atoms with Crippen molar-refractivity contribution in [2.24, 2.45) is 40.4 Å². The molecule has 7 N–H and O–H groups in total. The molecule has 0 spiro atoms. The highest BCUT2D eigenvalue weighted by atomic mass is 16.7. The van der Waals surface area contributed by atoms with Crippen LogP contribution in [0.1, 0.15) is 79.6 Å². The normalized spacial score (nSPS) is 46.6. The molecule has 5 aliphatic rings. The minimum atomic E-state index is -1.49. The number of aliphatic hydroxyl groups is 7. The second-order valence-electron chi connectivity index (χ2n) is 15.2. The van der Waals surface area contributed by atoms with E-state index in [-0.39, 0.29) is 41.3 Å². The molecular formula is C35H56O9. The summed E-state index contributed by atoms with van der Waals surface area (Å²) >= 11 is 0. The van der Waals surface area contributed by atoms with Gasteiger partial charge in [-0.1, -0.05) is 58.4 Å². The predicted octanol–water partition coefficient (Wildman–Crippen LogP) is 2.60. The molecule has 9 nitrogen and oxygen atoms in total. The van der Waals surface area contributed by atoms with Crippen molar-refractivity contribution in [1.82, 2.24) is 0 Å². The van der Waals surface area contributed by atoms with Crippen LogP contribution < -0.4 is 0 Å². The van der Waals surface area contributed by atoms with E-state index in [0.29, 0.717) is 31.1 Å². The van der Waals surface area contributed by atoms with Crippen molar-refractivity contribution in [3.63, 3.8) is 0 Å². The molecule has 0 aromatic rings. The molecule has 9 heteroatoms. The summed E-state index contributed by atoms with van der Waals surface area (Å²) in [5, 5.41) is 73.0. The van der Waals surface area contributed by atoms with E-state index < -0.39 is 49.5 Å². The number of rotatable bonds is 9. The number of aliphatic hydroxyl groups excluding tert-OH is 7. The molecule has 1 heterocycles. The maximum atomic E-state index is 11.6. The molecule has 44 heavy (non-hydrogen) atoms. The summed E-state index contributed by atoms with van der Waals surface area (Å²) in [6.45, 7) is 10.7. The Morgan fingerprint density at radius 2 is 1.77 bits per heavy atom. The van der Waals surface area contributed by atoms with Crippen LogP contribution >= 0.6 is 0 Å². The summed E-state index contributed by atoms with van der Waals surface area (Å²) < 4.78 is 11.7. The van der Waals surface area contributed by atoms with Gasteiger partial charge in [-0.25, -0.2) is 0 Å². The Kier molecular flexibility index (Phi) is 10.2. The first kappa shape index (κ1) is 34.2. The third-order valence-corrected chi connectivity index (χ3v) is 12.4. The Morgan fingerprint density at radius 1 is 1.05 bits per heavy atom. The van der Waals surface area contributed by atoms with Crippen LogP contribution in [0.25, 0.3) is 0 Å². The van der Waals surface area contributed by atoms with Crippen molar-refractivity contribution >= 4 is 0 Å². The molecule has 1 saturated heterocycles. The summed E-state index contributed by atoms with van der Waals surface area (Å²) in [6.07, 6.45) is 3.72. The van der Waals surface area contributed by atoms with E-state index in [1.807, 2.05) is 12.2 Å². The van der Waals surface area contributed by atoms with Gasteiger partial charge >= 0.3 is 0 Å². The zero-order chi connectivity index (χ0) is 32.1. The van der Waals surface area contributed by atoms with Gasteiger partial charge in [0.2, 0.25) is 0 Å². The van der Waals surface area contributed by atoms with Crippen LogP contribution in [0, 0.1) is 40.4 Å². The minimum Gasteiger partial charge on any atom is -0.394 e. The number of fused-ring (bicyclic) bond motifs is 5. The van der Waals surface area contributed by atoms with Crippen molar-refractivity contribution in [3.05, 3.63) is 34.9 Å². The average molecular weight is 621 g/mol. The standard InChI is InChI=1S/C35H56O9/c1-18(2)20(10-13-36)7-6-19(3)29-27(39)16-24-22-15-26(38)25-14-21(8-11-34(25,4)23(22)9-12-35(24,29)5)43-33-32(42)31(41)30(40)28(17-37)44-33/h9-10,15,18-19,21,24-33,36-42H,6-8,11-14,16-17H2,1-5H3/t19-,21+,24+,25-,26-,27+,28-,29+,30-,31+,32-,33-,34-,35+/m1/s1. The Bertz CT molecular complexity index is 1120. The lowest BCUT2D eigenvalue weighted by atomic mass is 9.51. The van der Waals surface area contributed by atoms with Crippen LogP contribution in [-0.4, -0.2) is 98.0 Å². The van der Waals surface area contributed by atoms with Crippen LogP contribution in [0.5, 0.6) is 0 Å². The molecule has 0 unspecified atom stereocenters. The lowest BCUT2D eigenvalue weighted by Gasteiger charge is -2.55. The molecule has 250 valence electrons. The fraction of sp³-hybridized carbons (Fsp3) is 0.829. The zero-order valence-electron chi connectivity index (χ0n) is 27.0. The zero-order valence-corrected chi connectivity index (χ0v) is 27.0. The summed E-state index contributed by atoms with van der Waals surface area (Å²) in [4.78, 5) is 0. The van der Waals surface area contributed by atoms with Crippen LogP contribution in [0.2, 0.25) is 0 Å². The Balaban J connectivity index is 1.31. The van der Waals surface area contributed by atoms with Crippen LogP contribution in [-0.2, 0) is 9.47 Å². The van der Waals surface area contributed by atoms with Gasteiger partial charge in [-0.05, 0) is 90.6 Å². The highest BCUT2D eigenvalue weighted by Gasteiger charge is 2.59. The van der Waals surface area contributed by atoms with E-state index >= 15 is 0 Å². The number of hydrogen-bond acceptors (Lipinski definition) is 9. The summed E-state index contributed by atoms with van der Waals surface area (Å²) in [5.41, 5.74) is 3.36. The lowest BCUT2D eigenvalue weighted by molar-refractivity contribution is -0.315. The monoisotopic (exact) mass is 620 g/mol. The molecule has 0 aromatic heterocycles. The first-order valence-corrected chi connectivity index (χ1v) is 16.8. The maximum absolute atomic E-state index is 11.6. The largest absolute Gasteiger partial charge is 0.394 e. The van der Waals surface area contributed by atoms with Crippen molar-refractivity contribution < 1.29 is 45.2 Å². The molecule has 4 aliphatic carbocycles. The van der Waals surface area contributed by atoms with Crippen molar-refractivity contribution in [2.45, 2.75) is 129 Å². The van der Waals surface area contributed by atoms with Gasteiger partial charge in [-0.2, -0.15) is 0 Å². The van der Waals surface area contributed by atoms with E-state index in [1.54, 1.807) is 0 Å². The third kappa shape index (κ3) is 5.90. The van der Waals surface area contributed by atoms with Gasteiger partial charge in [-0.15, -0.1) is 0 Å². The van der Waals surface area contributed by atoms with Gasteiger partial charge < -0.3 is 45.2 Å². The van der Waals surface area contributed by atoms with Crippen LogP contribution in [0.3, 0.4) is 0 Å². The fourth-order valence-electron chi connectivity index (χ4n) is 9.78. The summed E-state index contributed by atoms with van der Waals surface area (Å²) in [5.74, 6) is 0.881. The molecule has 0 aromatic carbocycles. The smallest absolute Gasteiger partial charge is 0.186 e. The second kappa shape index (κ2) is 13.2. The second-order valence-corrected chi connectivity index (χ2v) is 15.2. The van der Waals surface area contributed by atoms with Crippen molar-refractivity contribution in [3.8, 4) is 0 Å². The lowest BCUT2D eigenvalue weighted by Crippen LogP contribution is -2.60.